The van der Waals surface area contributed by atoms with Gasteiger partial charge in [0.25, 0.3) is 0 Å². The molecule has 2 aliphatic carbocycles. The van der Waals surface area contributed by atoms with Crippen LogP contribution in [-0.4, -0.2) is 15.5 Å². The average molecular weight is 409 g/mol. The van der Waals surface area contributed by atoms with Crippen molar-refractivity contribution in [3.8, 4) is 0 Å². The molecular weight excluding hydrogens is 388 g/mol. The van der Waals surface area contributed by atoms with Crippen LogP contribution in [0.4, 0.5) is 0 Å². The summed E-state index contributed by atoms with van der Waals surface area (Å²) in [5.41, 5.74) is 4.07. The number of hydrogen-bond donors (Lipinski definition) is 0. The number of pyridine rings is 1. The van der Waals surface area contributed by atoms with Crippen LogP contribution in [0.25, 0.3) is 10.9 Å². The van der Waals surface area contributed by atoms with Gasteiger partial charge in [0.05, 0.1) is 12.2 Å². The largest absolute Gasteiger partial charge is 0.333 e. The van der Waals surface area contributed by atoms with Crippen LogP contribution in [0, 0.1) is 0 Å². The Bertz CT molecular complexity index is 1040. The number of halogens is 1. The minimum Gasteiger partial charge on any atom is -0.333 e. The molecule has 0 radical (unpaired) electrons. The van der Waals surface area contributed by atoms with Gasteiger partial charge in [-0.3, -0.25) is 9.69 Å². The molecule has 3 aromatic rings. The molecule has 4 heteroatoms. The summed E-state index contributed by atoms with van der Waals surface area (Å²) in [7, 11) is 0. The van der Waals surface area contributed by atoms with E-state index in [-0.39, 0.29) is 5.43 Å². The predicted octanol–water partition coefficient (Wildman–Crippen LogP) is 4.87. The maximum absolute atomic E-state index is 12.3. The summed E-state index contributed by atoms with van der Waals surface area (Å²) in [4.78, 5) is 14.9. The van der Waals surface area contributed by atoms with Gasteiger partial charge in [0.15, 0.2) is 5.43 Å². The fourth-order valence-corrected chi connectivity index (χ4v) is 4.97. The SMILES string of the molecule is O=c1ccn(CN(C2CC2)C2CCc3ccccc32)c2c(Br)cccc12. The summed E-state index contributed by atoms with van der Waals surface area (Å²) >= 11 is 3.66. The highest BCUT2D eigenvalue weighted by Gasteiger charge is 2.37. The molecule has 1 aromatic heterocycles. The smallest absolute Gasteiger partial charge is 0.189 e. The van der Waals surface area contributed by atoms with Gasteiger partial charge in [0.2, 0.25) is 0 Å². The standard InChI is InChI=1S/C22H21BrN2O/c23-19-7-3-6-18-21(26)12-13-24(22(18)19)14-25(16-9-10-16)20-11-8-15-4-1-2-5-17(15)20/h1-7,12-13,16,20H,8-11,14H2. The second kappa shape index (κ2) is 6.36. The number of aromatic nitrogens is 1. The highest BCUT2D eigenvalue weighted by molar-refractivity contribution is 9.10. The third-order valence-corrected chi connectivity index (χ3v) is 6.42. The monoisotopic (exact) mass is 408 g/mol. The van der Waals surface area contributed by atoms with E-state index in [1.165, 1.54) is 36.8 Å². The van der Waals surface area contributed by atoms with Crippen molar-refractivity contribution in [2.24, 2.45) is 0 Å². The van der Waals surface area contributed by atoms with Crippen molar-refractivity contribution in [1.82, 2.24) is 9.47 Å². The Hall–Kier alpha value is -1.91. The Morgan fingerprint density at radius 1 is 1.04 bits per heavy atom. The maximum atomic E-state index is 12.3. The molecular formula is C22H21BrN2O. The van der Waals surface area contributed by atoms with E-state index in [1.54, 1.807) is 6.07 Å². The van der Waals surface area contributed by atoms with Crippen molar-refractivity contribution in [3.63, 3.8) is 0 Å². The fourth-order valence-electron chi connectivity index (χ4n) is 4.38. The first-order chi connectivity index (χ1) is 12.7. The van der Waals surface area contributed by atoms with Crippen LogP contribution in [0.5, 0.6) is 0 Å². The van der Waals surface area contributed by atoms with Crippen LogP contribution >= 0.6 is 15.9 Å². The summed E-state index contributed by atoms with van der Waals surface area (Å²) in [6, 6.07) is 17.6. The van der Waals surface area contributed by atoms with Crippen molar-refractivity contribution in [2.45, 2.75) is 44.4 Å². The average Bonchev–Trinajstić information content (AvgIpc) is 3.41. The third-order valence-electron chi connectivity index (χ3n) is 5.78. The van der Waals surface area contributed by atoms with Gasteiger partial charge in [-0.25, -0.2) is 0 Å². The van der Waals surface area contributed by atoms with E-state index in [9.17, 15) is 4.79 Å². The predicted molar refractivity (Wildman–Crippen MR) is 108 cm³/mol. The Labute approximate surface area is 161 Å². The van der Waals surface area contributed by atoms with Crippen molar-refractivity contribution < 1.29 is 0 Å². The Morgan fingerprint density at radius 3 is 2.73 bits per heavy atom. The number of aryl methyl sites for hydroxylation is 1. The Morgan fingerprint density at radius 2 is 1.88 bits per heavy atom. The number of para-hydroxylation sites is 1. The van der Waals surface area contributed by atoms with Gasteiger partial charge in [-0.1, -0.05) is 30.3 Å². The van der Waals surface area contributed by atoms with Crippen molar-refractivity contribution in [2.75, 3.05) is 0 Å². The van der Waals surface area contributed by atoms with Crippen LogP contribution in [0.3, 0.4) is 0 Å². The molecule has 0 spiro atoms. The third kappa shape index (κ3) is 2.72. The van der Waals surface area contributed by atoms with Crippen LogP contribution < -0.4 is 5.43 Å². The maximum Gasteiger partial charge on any atom is 0.189 e. The van der Waals surface area contributed by atoms with E-state index in [4.69, 9.17) is 0 Å². The summed E-state index contributed by atoms with van der Waals surface area (Å²) in [6.45, 7) is 0.822. The lowest BCUT2D eigenvalue weighted by Gasteiger charge is -2.31. The van der Waals surface area contributed by atoms with E-state index >= 15 is 0 Å². The molecule has 26 heavy (non-hydrogen) atoms. The van der Waals surface area contributed by atoms with E-state index in [0.717, 1.165) is 22.0 Å². The minimum absolute atomic E-state index is 0.0849. The highest BCUT2D eigenvalue weighted by atomic mass is 79.9. The van der Waals surface area contributed by atoms with Gasteiger partial charge < -0.3 is 4.57 Å². The van der Waals surface area contributed by atoms with Gasteiger partial charge in [0.1, 0.15) is 0 Å². The number of benzene rings is 2. The van der Waals surface area contributed by atoms with Gasteiger partial charge in [-0.15, -0.1) is 0 Å². The number of nitrogens with zero attached hydrogens (tertiary/aromatic N) is 2. The second-order valence-electron chi connectivity index (χ2n) is 7.43. The Kier molecular flexibility index (Phi) is 3.98. The molecule has 0 aliphatic heterocycles. The molecule has 1 fully saturated rings. The number of rotatable bonds is 4. The molecule has 1 heterocycles. The zero-order valence-electron chi connectivity index (χ0n) is 14.6. The van der Waals surface area contributed by atoms with Crippen molar-refractivity contribution >= 4 is 26.8 Å². The van der Waals surface area contributed by atoms with E-state index in [1.807, 2.05) is 24.4 Å². The van der Waals surface area contributed by atoms with Gasteiger partial charge >= 0.3 is 0 Å². The summed E-state index contributed by atoms with van der Waals surface area (Å²) < 4.78 is 3.22. The normalized spacial score (nSPS) is 19.2. The highest BCUT2D eigenvalue weighted by Crippen LogP contribution is 2.42. The van der Waals surface area contributed by atoms with Gasteiger partial charge in [-0.2, -0.15) is 0 Å². The molecule has 1 unspecified atom stereocenters. The van der Waals surface area contributed by atoms with Crippen LogP contribution in [0.15, 0.2) is 64.0 Å². The number of fused-ring (bicyclic) bond motifs is 2. The molecule has 3 nitrogen and oxygen atoms in total. The molecule has 0 bridgehead atoms. The number of hydrogen-bond acceptors (Lipinski definition) is 2. The molecule has 132 valence electrons. The first-order valence-corrected chi connectivity index (χ1v) is 10.1. The van der Waals surface area contributed by atoms with Gasteiger partial charge in [-0.05, 0) is 64.9 Å². The summed E-state index contributed by atoms with van der Waals surface area (Å²) in [5.74, 6) is 0. The minimum atomic E-state index is 0.0849. The quantitative estimate of drug-likeness (QED) is 0.614. The lowest BCUT2D eigenvalue weighted by Crippen LogP contribution is -2.32. The van der Waals surface area contributed by atoms with Crippen LogP contribution in [-0.2, 0) is 13.1 Å². The van der Waals surface area contributed by atoms with Crippen molar-refractivity contribution in [3.05, 3.63) is 80.6 Å². The molecule has 1 atom stereocenters. The molecule has 1 saturated carbocycles. The lowest BCUT2D eigenvalue weighted by atomic mass is 10.1. The van der Waals surface area contributed by atoms with E-state index < -0.39 is 0 Å². The molecule has 0 N–H and O–H groups in total. The van der Waals surface area contributed by atoms with Crippen molar-refractivity contribution in [1.29, 1.82) is 0 Å². The topological polar surface area (TPSA) is 25.2 Å². The Balaban J connectivity index is 1.57. The molecule has 2 aromatic carbocycles. The summed E-state index contributed by atoms with van der Waals surface area (Å²) in [5, 5.41) is 0.782. The molecule has 0 amide bonds. The molecule has 2 aliphatic rings. The zero-order valence-corrected chi connectivity index (χ0v) is 16.2. The van der Waals surface area contributed by atoms with E-state index in [2.05, 4.69) is 49.7 Å². The molecule has 5 rings (SSSR count). The summed E-state index contributed by atoms with van der Waals surface area (Å²) in [6.07, 6.45) is 6.86. The van der Waals surface area contributed by atoms with Gasteiger partial charge in [0, 0.05) is 34.2 Å². The molecule has 0 saturated heterocycles. The van der Waals surface area contributed by atoms with Crippen LogP contribution in [0.1, 0.15) is 36.4 Å². The first kappa shape index (κ1) is 16.3. The fraction of sp³-hybridized carbons (Fsp3) is 0.318. The lowest BCUT2D eigenvalue weighted by molar-refractivity contribution is 0.142. The second-order valence-corrected chi connectivity index (χ2v) is 8.28. The van der Waals surface area contributed by atoms with Crippen LogP contribution in [0.2, 0.25) is 0 Å². The zero-order chi connectivity index (χ0) is 17.7. The first-order valence-electron chi connectivity index (χ1n) is 9.33. The van der Waals surface area contributed by atoms with E-state index in [0.29, 0.717) is 12.1 Å².